The van der Waals surface area contributed by atoms with Gasteiger partial charge in [-0.3, -0.25) is 4.79 Å². The molecule has 4 rings (SSSR count). The van der Waals surface area contributed by atoms with E-state index in [0.717, 1.165) is 38.4 Å². The summed E-state index contributed by atoms with van der Waals surface area (Å²) in [6, 6.07) is 14.3. The lowest BCUT2D eigenvalue weighted by Crippen LogP contribution is -2.30. The number of imidazole rings is 1. The lowest BCUT2D eigenvalue weighted by molar-refractivity contribution is -0.114. The van der Waals surface area contributed by atoms with E-state index in [9.17, 15) is 4.79 Å². The molecular weight excluding hydrogens is 444 g/mol. The molecule has 2 N–H and O–H groups in total. The van der Waals surface area contributed by atoms with Crippen LogP contribution in [0.2, 0.25) is 0 Å². The summed E-state index contributed by atoms with van der Waals surface area (Å²) < 4.78 is 1.85. The molecule has 0 saturated heterocycles. The van der Waals surface area contributed by atoms with Crippen molar-refractivity contribution in [1.29, 1.82) is 0 Å². The fraction of sp³-hybridized carbons (Fsp3) is 0.346. The van der Waals surface area contributed by atoms with Crippen molar-refractivity contribution in [2.24, 2.45) is 0 Å². The van der Waals surface area contributed by atoms with Crippen LogP contribution in [0.1, 0.15) is 37.5 Å². The number of carbonyl (C=O) groups excluding carboxylic acids is 1. The first-order chi connectivity index (χ1) is 16.0. The Labute approximate surface area is 204 Å². The van der Waals surface area contributed by atoms with Crippen LogP contribution in [0.3, 0.4) is 0 Å². The number of likely N-dealkylation sites (N-methyl/N-ethyl adjacent to an activating group) is 1. The molecule has 34 heavy (non-hydrogen) atoms. The quantitative estimate of drug-likeness (QED) is 0.375. The van der Waals surface area contributed by atoms with E-state index < -0.39 is 0 Å². The SMILES string of the molecule is Cc1ccc(-c2nc3sc(N(C)CC(=O)Nc4ccc(C)c(C)c4)nn3c2NC(C)(C)C)cc1. The van der Waals surface area contributed by atoms with Crippen LogP contribution >= 0.6 is 11.3 Å². The monoisotopic (exact) mass is 476 g/mol. The summed E-state index contributed by atoms with van der Waals surface area (Å²) in [5.74, 6) is 0.758. The van der Waals surface area contributed by atoms with E-state index in [4.69, 9.17) is 10.1 Å². The second-order valence-electron chi connectivity index (χ2n) is 9.83. The molecule has 8 heteroatoms. The fourth-order valence-electron chi connectivity index (χ4n) is 3.58. The summed E-state index contributed by atoms with van der Waals surface area (Å²) in [6.45, 7) is 12.7. The van der Waals surface area contributed by atoms with Gasteiger partial charge in [0, 0.05) is 23.8 Å². The first-order valence-electron chi connectivity index (χ1n) is 11.3. The minimum Gasteiger partial charge on any atom is -0.364 e. The number of hydrogen-bond donors (Lipinski definition) is 2. The van der Waals surface area contributed by atoms with Crippen LogP contribution in [0, 0.1) is 20.8 Å². The van der Waals surface area contributed by atoms with Crippen LogP contribution in [0.15, 0.2) is 42.5 Å². The van der Waals surface area contributed by atoms with Gasteiger partial charge in [0.1, 0.15) is 5.69 Å². The van der Waals surface area contributed by atoms with Gasteiger partial charge >= 0.3 is 0 Å². The number of amides is 1. The van der Waals surface area contributed by atoms with E-state index in [1.54, 1.807) is 0 Å². The zero-order valence-corrected chi connectivity index (χ0v) is 21.7. The van der Waals surface area contributed by atoms with E-state index in [0.29, 0.717) is 0 Å². The van der Waals surface area contributed by atoms with E-state index >= 15 is 0 Å². The summed E-state index contributed by atoms with van der Waals surface area (Å²) in [7, 11) is 1.87. The average Bonchev–Trinajstić information content (AvgIpc) is 3.30. The van der Waals surface area contributed by atoms with Crippen molar-refractivity contribution in [3.8, 4) is 11.3 Å². The number of benzene rings is 2. The standard InChI is InChI=1S/C26H32N6OS/c1-16-8-11-19(12-9-16)22-23(29-26(4,5)6)32-24(28-22)34-25(30-32)31(7)15-21(33)27-20-13-10-17(2)18(3)14-20/h8-14,29H,15H2,1-7H3,(H,27,33). The van der Waals surface area contributed by atoms with Gasteiger partial charge in [-0.1, -0.05) is 47.2 Å². The van der Waals surface area contributed by atoms with Gasteiger partial charge in [-0.05, 0) is 64.8 Å². The number of fused-ring (bicyclic) bond motifs is 1. The maximum absolute atomic E-state index is 12.7. The van der Waals surface area contributed by atoms with Gasteiger partial charge in [-0.2, -0.15) is 4.52 Å². The lowest BCUT2D eigenvalue weighted by atomic mass is 10.1. The molecule has 0 saturated carbocycles. The molecule has 1 amide bonds. The summed E-state index contributed by atoms with van der Waals surface area (Å²) in [5, 5.41) is 12.1. The van der Waals surface area contributed by atoms with Gasteiger partial charge in [-0.25, -0.2) is 4.98 Å². The summed E-state index contributed by atoms with van der Waals surface area (Å²) >= 11 is 1.46. The van der Waals surface area contributed by atoms with Crippen LogP contribution in [0.4, 0.5) is 16.6 Å². The van der Waals surface area contributed by atoms with Crippen molar-refractivity contribution >= 4 is 38.8 Å². The third kappa shape index (κ3) is 5.22. The van der Waals surface area contributed by atoms with Crippen LogP contribution in [-0.2, 0) is 4.79 Å². The largest absolute Gasteiger partial charge is 0.364 e. The Balaban J connectivity index is 1.59. The van der Waals surface area contributed by atoms with Gasteiger partial charge in [-0.15, -0.1) is 5.10 Å². The number of hydrogen-bond acceptors (Lipinski definition) is 6. The number of aromatic nitrogens is 3. The normalized spacial score (nSPS) is 11.6. The first-order valence-corrected chi connectivity index (χ1v) is 12.1. The highest BCUT2D eigenvalue weighted by molar-refractivity contribution is 7.20. The number of anilines is 3. The Bertz CT molecular complexity index is 1330. The van der Waals surface area contributed by atoms with Crippen molar-refractivity contribution < 1.29 is 4.79 Å². The topological polar surface area (TPSA) is 74.6 Å². The molecule has 2 aromatic carbocycles. The van der Waals surface area contributed by atoms with Crippen molar-refractivity contribution in [1.82, 2.24) is 14.6 Å². The highest BCUT2D eigenvalue weighted by atomic mass is 32.1. The number of rotatable bonds is 6. The average molecular weight is 477 g/mol. The van der Waals surface area contributed by atoms with Crippen LogP contribution in [0.5, 0.6) is 0 Å². The summed E-state index contributed by atoms with van der Waals surface area (Å²) in [6.07, 6.45) is 0. The molecule has 0 bridgehead atoms. The molecular formula is C26H32N6OS. The highest BCUT2D eigenvalue weighted by Crippen LogP contribution is 2.34. The molecule has 2 heterocycles. The number of carbonyl (C=O) groups is 1. The Morgan fingerprint density at radius 1 is 1.06 bits per heavy atom. The lowest BCUT2D eigenvalue weighted by Gasteiger charge is -2.22. The minimum atomic E-state index is -0.169. The molecule has 0 fully saturated rings. The van der Waals surface area contributed by atoms with Crippen molar-refractivity contribution in [2.75, 3.05) is 29.1 Å². The first kappa shape index (κ1) is 23.8. The second-order valence-corrected chi connectivity index (χ2v) is 10.8. The van der Waals surface area contributed by atoms with Gasteiger partial charge in [0.2, 0.25) is 16.0 Å². The smallest absolute Gasteiger partial charge is 0.243 e. The second kappa shape index (κ2) is 9.10. The molecule has 4 aromatic rings. The van der Waals surface area contributed by atoms with E-state index in [-0.39, 0.29) is 18.0 Å². The third-order valence-electron chi connectivity index (χ3n) is 5.51. The van der Waals surface area contributed by atoms with Gasteiger partial charge < -0.3 is 15.5 Å². The molecule has 0 aliphatic rings. The summed E-state index contributed by atoms with van der Waals surface area (Å²) in [5.41, 5.74) is 6.09. The van der Waals surface area contributed by atoms with E-state index in [2.05, 4.69) is 69.5 Å². The third-order valence-corrected chi connectivity index (χ3v) is 6.53. The van der Waals surface area contributed by atoms with Crippen LogP contribution < -0.4 is 15.5 Å². The van der Waals surface area contributed by atoms with Gasteiger partial charge in [0.15, 0.2) is 5.82 Å². The Kier molecular flexibility index (Phi) is 6.36. The van der Waals surface area contributed by atoms with E-state index in [1.807, 2.05) is 41.6 Å². The predicted molar refractivity (Wildman–Crippen MR) is 142 cm³/mol. The van der Waals surface area contributed by atoms with E-state index in [1.165, 1.54) is 22.5 Å². The summed E-state index contributed by atoms with van der Waals surface area (Å²) in [4.78, 5) is 20.2. The Morgan fingerprint density at radius 3 is 2.41 bits per heavy atom. The Hall–Kier alpha value is -3.39. The molecule has 0 aliphatic heterocycles. The van der Waals surface area contributed by atoms with Crippen molar-refractivity contribution in [2.45, 2.75) is 47.1 Å². The Morgan fingerprint density at radius 2 is 1.76 bits per heavy atom. The molecule has 0 radical (unpaired) electrons. The molecule has 178 valence electrons. The molecule has 0 atom stereocenters. The highest BCUT2D eigenvalue weighted by Gasteiger charge is 2.23. The number of aryl methyl sites for hydroxylation is 3. The van der Waals surface area contributed by atoms with Gasteiger partial charge in [0.05, 0.1) is 6.54 Å². The van der Waals surface area contributed by atoms with Crippen LogP contribution in [0.25, 0.3) is 16.2 Å². The van der Waals surface area contributed by atoms with Crippen molar-refractivity contribution in [3.63, 3.8) is 0 Å². The predicted octanol–water partition coefficient (Wildman–Crippen LogP) is 5.67. The maximum Gasteiger partial charge on any atom is 0.243 e. The van der Waals surface area contributed by atoms with Crippen molar-refractivity contribution in [3.05, 3.63) is 59.2 Å². The number of nitrogens with zero attached hydrogens (tertiary/aromatic N) is 4. The molecule has 0 unspecified atom stereocenters. The molecule has 0 spiro atoms. The fourth-order valence-corrected chi connectivity index (χ4v) is 4.44. The zero-order valence-electron chi connectivity index (χ0n) is 20.9. The molecule has 0 aliphatic carbocycles. The van der Waals surface area contributed by atoms with Gasteiger partial charge in [0.25, 0.3) is 0 Å². The minimum absolute atomic E-state index is 0.0908. The molecule has 2 aromatic heterocycles. The number of nitrogens with one attached hydrogen (secondary N) is 2. The van der Waals surface area contributed by atoms with Crippen LogP contribution in [-0.4, -0.2) is 39.6 Å². The molecule has 7 nitrogen and oxygen atoms in total. The maximum atomic E-state index is 12.7. The zero-order chi connectivity index (χ0) is 24.6.